The molecule has 156 valence electrons. The largest absolute Gasteiger partial charge is 0.493 e. The van der Waals surface area contributed by atoms with Crippen molar-refractivity contribution in [2.75, 3.05) is 19.0 Å². The first-order valence-corrected chi connectivity index (χ1v) is 9.43. The highest BCUT2D eigenvalue weighted by Crippen LogP contribution is 2.30. The van der Waals surface area contributed by atoms with Crippen molar-refractivity contribution in [3.05, 3.63) is 59.2 Å². The zero-order chi connectivity index (χ0) is 22.1. The summed E-state index contributed by atoms with van der Waals surface area (Å²) in [4.78, 5) is 24.7. The summed E-state index contributed by atoms with van der Waals surface area (Å²) < 4.78 is 16.0. The lowest BCUT2D eigenvalue weighted by Crippen LogP contribution is -2.17. The quantitative estimate of drug-likeness (QED) is 0.399. The Morgan fingerprint density at radius 1 is 1.17 bits per heavy atom. The van der Waals surface area contributed by atoms with Crippen molar-refractivity contribution in [1.82, 2.24) is 0 Å². The Morgan fingerprint density at radius 3 is 2.53 bits per heavy atom. The van der Waals surface area contributed by atoms with Gasteiger partial charge in [0, 0.05) is 0 Å². The van der Waals surface area contributed by atoms with Crippen LogP contribution in [0.3, 0.4) is 0 Å². The number of hydrogen-bond acceptors (Lipinski definition) is 6. The number of nitrogens with zero attached hydrogens (tertiary/aromatic N) is 1. The number of esters is 1. The first-order valence-electron chi connectivity index (χ1n) is 9.43. The number of rotatable bonds is 8. The summed E-state index contributed by atoms with van der Waals surface area (Å²) in [5.74, 6) is -0.143. The van der Waals surface area contributed by atoms with E-state index in [0.29, 0.717) is 17.1 Å². The molecule has 0 fully saturated rings. The van der Waals surface area contributed by atoms with Gasteiger partial charge in [-0.3, -0.25) is 4.79 Å². The standard InChI is InChI=1S/C23H24N2O5/c1-5-29-23(27)18-8-6-7-9-19(18)25-22(26)17(14-24)12-16-10-11-20(30-15(2)3)21(13-16)28-4/h6-13,15H,5H2,1-4H3,(H,25,26)/b17-12+. The highest BCUT2D eigenvalue weighted by atomic mass is 16.5. The van der Waals surface area contributed by atoms with Crippen molar-refractivity contribution in [3.63, 3.8) is 0 Å². The number of amides is 1. The van der Waals surface area contributed by atoms with Crippen LogP contribution >= 0.6 is 0 Å². The second kappa shape index (κ2) is 10.7. The summed E-state index contributed by atoms with van der Waals surface area (Å²) in [5, 5.41) is 12.1. The molecule has 0 aliphatic carbocycles. The van der Waals surface area contributed by atoms with E-state index in [1.165, 1.54) is 13.2 Å². The predicted molar refractivity (Wildman–Crippen MR) is 113 cm³/mol. The first-order chi connectivity index (χ1) is 14.4. The van der Waals surface area contributed by atoms with E-state index < -0.39 is 11.9 Å². The minimum atomic E-state index is -0.643. The fraction of sp³-hybridized carbons (Fsp3) is 0.261. The van der Waals surface area contributed by atoms with Crippen molar-refractivity contribution in [3.8, 4) is 17.6 Å². The molecule has 0 aromatic heterocycles. The van der Waals surface area contributed by atoms with Crippen LogP contribution in [0, 0.1) is 11.3 Å². The molecule has 30 heavy (non-hydrogen) atoms. The zero-order valence-corrected chi connectivity index (χ0v) is 17.4. The van der Waals surface area contributed by atoms with Crippen LogP contribution in [0.1, 0.15) is 36.7 Å². The number of anilines is 1. The molecule has 1 amide bonds. The van der Waals surface area contributed by atoms with Crippen molar-refractivity contribution in [2.45, 2.75) is 26.9 Å². The molecule has 0 aliphatic heterocycles. The maximum atomic E-state index is 12.6. The summed E-state index contributed by atoms with van der Waals surface area (Å²) in [6, 6.07) is 13.4. The van der Waals surface area contributed by atoms with Gasteiger partial charge in [-0.05, 0) is 56.7 Å². The molecular formula is C23H24N2O5. The van der Waals surface area contributed by atoms with Crippen LogP contribution < -0.4 is 14.8 Å². The Balaban J connectivity index is 2.29. The molecular weight excluding hydrogens is 384 g/mol. The van der Waals surface area contributed by atoms with Gasteiger partial charge in [0.25, 0.3) is 5.91 Å². The van der Waals surface area contributed by atoms with Gasteiger partial charge in [0.2, 0.25) is 0 Å². The SMILES string of the molecule is CCOC(=O)c1ccccc1NC(=O)/C(C#N)=C/c1ccc(OC(C)C)c(OC)c1. The molecule has 0 spiro atoms. The van der Waals surface area contributed by atoms with Gasteiger partial charge in [-0.15, -0.1) is 0 Å². The number of hydrogen-bond donors (Lipinski definition) is 1. The van der Waals surface area contributed by atoms with E-state index in [4.69, 9.17) is 14.2 Å². The minimum Gasteiger partial charge on any atom is -0.493 e. The smallest absolute Gasteiger partial charge is 0.340 e. The molecule has 0 heterocycles. The summed E-state index contributed by atoms with van der Waals surface area (Å²) in [5.41, 5.74) is 0.934. The Bertz CT molecular complexity index is 989. The number of methoxy groups -OCH3 is 1. The third kappa shape index (κ3) is 5.85. The van der Waals surface area contributed by atoms with Crippen LogP contribution in [0.5, 0.6) is 11.5 Å². The number of carbonyl (C=O) groups excluding carboxylic acids is 2. The van der Waals surface area contributed by atoms with E-state index in [1.54, 1.807) is 49.4 Å². The third-order valence-electron chi connectivity index (χ3n) is 3.90. The van der Waals surface area contributed by atoms with Crippen LogP contribution in [0.25, 0.3) is 6.08 Å². The molecule has 0 saturated carbocycles. The second-order valence-corrected chi connectivity index (χ2v) is 6.47. The van der Waals surface area contributed by atoms with E-state index >= 15 is 0 Å². The third-order valence-corrected chi connectivity index (χ3v) is 3.90. The molecule has 0 atom stereocenters. The van der Waals surface area contributed by atoms with E-state index in [-0.39, 0.29) is 29.5 Å². The highest BCUT2D eigenvalue weighted by Gasteiger charge is 2.16. The molecule has 1 N–H and O–H groups in total. The lowest BCUT2D eigenvalue weighted by atomic mass is 10.1. The van der Waals surface area contributed by atoms with Gasteiger partial charge in [-0.1, -0.05) is 18.2 Å². The monoisotopic (exact) mass is 408 g/mol. The average Bonchev–Trinajstić information content (AvgIpc) is 2.72. The molecule has 0 bridgehead atoms. The Labute approximate surface area is 175 Å². The van der Waals surface area contributed by atoms with Crippen LogP contribution in [0.15, 0.2) is 48.0 Å². The molecule has 0 radical (unpaired) electrons. The first kappa shape index (κ1) is 22.5. The fourth-order valence-corrected chi connectivity index (χ4v) is 2.61. The number of benzene rings is 2. The van der Waals surface area contributed by atoms with Gasteiger partial charge in [-0.2, -0.15) is 5.26 Å². The Kier molecular flexibility index (Phi) is 8.00. The van der Waals surface area contributed by atoms with Gasteiger partial charge >= 0.3 is 5.97 Å². The maximum Gasteiger partial charge on any atom is 0.340 e. The average molecular weight is 408 g/mol. The topological polar surface area (TPSA) is 97.7 Å². The van der Waals surface area contributed by atoms with Crippen molar-refractivity contribution < 1.29 is 23.8 Å². The maximum absolute atomic E-state index is 12.6. The molecule has 2 aromatic rings. The molecule has 7 heteroatoms. The van der Waals surface area contributed by atoms with Gasteiger partial charge in [0.05, 0.1) is 31.1 Å². The van der Waals surface area contributed by atoms with Crippen molar-refractivity contribution >= 4 is 23.6 Å². The highest BCUT2D eigenvalue weighted by molar-refractivity contribution is 6.12. The second-order valence-electron chi connectivity index (χ2n) is 6.47. The van der Waals surface area contributed by atoms with E-state index in [0.717, 1.165) is 0 Å². The van der Waals surface area contributed by atoms with Crippen LogP contribution in [-0.4, -0.2) is 31.7 Å². The van der Waals surface area contributed by atoms with Crippen molar-refractivity contribution in [1.29, 1.82) is 5.26 Å². The Hall–Kier alpha value is -3.79. The zero-order valence-electron chi connectivity index (χ0n) is 17.4. The molecule has 2 rings (SSSR count). The van der Waals surface area contributed by atoms with E-state index in [1.807, 2.05) is 19.9 Å². The van der Waals surface area contributed by atoms with Crippen LogP contribution in [0.2, 0.25) is 0 Å². The summed E-state index contributed by atoms with van der Waals surface area (Å²) in [6.07, 6.45) is 1.41. The molecule has 0 aliphatic rings. The summed E-state index contributed by atoms with van der Waals surface area (Å²) in [6.45, 7) is 5.71. The van der Waals surface area contributed by atoms with Gasteiger partial charge < -0.3 is 19.5 Å². The lowest BCUT2D eigenvalue weighted by molar-refractivity contribution is -0.112. The predicted octanol–water partition coefficient (Wildman–Crippen LogP) is 4.20. The lowest BCUT2D eigenvalue weighted by Gasteiger charge is -2.14. The number of para-hydroxylation sites is 1. The van der Waals surface area contributed by atoms with Crippen LogP contribution in [-0.2, 0) is 9.53 Å². The van der Waals surface area contributed by atoms with Gasteiger partial charge in [-0.25, -0.2) is 4.79 Å². The Morgan fingerprint density at radius 2 is 1.90 bits per heavy atom. The number of nitriles is 1. The minimum absolute atomic E-state index is 0.0276. The number of nitrogens with one attached hydrogen (secondary N) is 1. The molecule has 0 unspecified atom stereocenters. The molecule has 2 aromatic carbocycles. The number of ether oxygens (including phenoxy) is 3. The van der Waals surface area contributed by atoms with Crippen LogP contribution in [0.4, 0.5) is 5.69 Å². The summed E-state index contributed by atoms with van der Waals surface area (Å²) in [7, 11) is 1.51. The fourth-order valence-electron chi connectivity index (χ4n) is 2.61. The van der Waals surface area contributed by atoms with E-state index in [2.05, 4.69) is 5.32 Å². The summed E-state index contributed by atoms with van der Waals surface area (Å²) >= 11 is 0. The van der Waals surface area contributed by atoms with Crippen molar-refractivity contribution in [2.24, 2.45) is 0 Å². The molecule has 7 nitrogen and oxygen atoms in total. The van der Waals surface area contributed by atoms with Gasteiger partial charge in [0.1, 0.15) is 11.6 Å². The normalized spacial score (nSPS) is 10.9. The molecule has 0 saturated heterocycles. The number of carbonyl (C=O) groups is 2. The van der Waals surface area contributed by atoms with Gasteiger partial charge in [0.15, 0.2) is 11.5 Å². The van der Waals surface area contributed by atoms with E-state index in [9.17, 15) is 14.9 Å².